The largest absolute Gasteiger partial charge is 0.497 e. The molecule has 2 aromatic heterocycles. The lowest BCUT2D eigenvalue weighted by Crippen LogP contribution is -2.39. The normalized spacial score (nSPS) is 12.3. The van der Waals surface area contributed by atoms with Crippen molar-refractivity contribution < 1.29 is 19.7 Å². The molecule has 0 spiro atoms. The molecular formula is C32H34N6O4. The van der Waals surface area contributed by atoms with Crippen LogP contribution >= 0.6 is 0 Å². The van der Waals surface area contributed by atoms with Gasteiger partial charge in [-0.1, -0.05) is 86.6 Å². The fraction of sp³-hybridized carbons (Fsp3) is 0.250. The third-order valence-corrected chi connectivity index (χ3v) is 7.09. The number of aliphatic hydroxyl groups is 2. The number of carbonyl (C=O) groups is 1. The van der Waals surface area contributed by atoms with Crippen LogP contribution in [0.25, 0.3) is 5.65 Å². The number of anilines is 2. The molecule has 1 atom stereocenters. The first-order valence-electron chi connectivity index (χ1n) is 13.7. The Morgan fingerprint density at radius 2 is 1.55 bits per heavy atom. The molecule has 10 nitrogen and oxygen atoms in total. The van der Waals surface area contributed by atoms with E-state index in [9.17, 15) is 15.0 Å². The van der Waals surface area contributed by atoms with Gasteiger partial charge in [0.1, 0.15) is 11.3 Å². The lowest BCUT2D eigenvalue weighted by Gasteiger charge is -2.37. The van der Waals surface area contributed by atoms with E-state index in [1.165, 1.54) is 0 Å². The van der Waals surface area contributed by atoms with E-state index in [-0.39, 0.29) is 24.2 Å². The summed E-state index contributed by atoms with van der Waals surface area (Å²) in [5.74, 6) is 0.608. The van der Waals surface area contributed by atoms with Crippen LogP contribution in [0, 0.1) is 5.92 Å². The molecule has 0 aliphatic rings. The number of fused-ring (bicyclic) bond motifs is 1. The van der Waals surface area contributed by atoms with Crippen LogP contribution in [0.4, 0.5) is 11.8 Å². The zero-order chi connectivity index (χ0) is 29.7. The van der Waals surface area contributed by atoms with Crippen LogP contribution in [-0.2, 0) is 16.8 Å². The summed E-state index contributed by atoms with van der Waals surface area (Å²) in [6.07, 6.45) is 0.687. The van der Waals surface area contributed by atoms with Gasteiger partial charge in [0.2, 0.25) is 11.9 Å². The highest BCUT2D eigenvalue weighted by atomic mass is 16.5. The lowest BCUT2D eigenvalue weighted by atomic mass is 9.77. The van der Waals surface area contributed by atoms with Crippen molar-refractivity contribution in [2.45, 2.75) is 31.9 Å². The second-order valence-electron chi connectivity index (χ2n) is 10.3. The molecule has 0 fully saturated rings. The molecule has 1 amide bonds. The molecule has 216 valence electrons. The Kier molecular flexibility index (Phi) is 8.46. The number of benzene rings is 3. The molecule has 0 aliphatic carbocycles. The van der Waals surface area contributed by atoms with Crippen molar-refractivity contribution in [3.8, 4) is 5.75 Å². The minimum Gasteiger partial charge on any atom is -0.497 e. The highest BCUT2D eigenvalue weighted by Crippen LogP contribution is 2.41. The fourth-order valence-corrected chi connectivity index (χ4v) is 4.87. The summed E-state index contributed by atoms with van der Waals surface area (Å²) in [4.78, 5) is 22.1. The maximum Gasteiger partial charge on any atom is 0.249 e. The molecule has 2 heterocycles. The number of ether oxygens (including phenoxy) is 1. The molecule has 10 heteroatoms. The molecule has 42 heavy (non-hydrogen) atoms. The van der Waals surface area contributed by atoms with Crippen molar-refractivity contribution in [1.29, 1.82) is 0 Å². The van der Waals surface area contributed by atoms with E-state index < -0.39 is 18.2 Å². The van der Waals surface area contributed by atoms with Crippen LogP contribution < -0.4 is 15.4 Å². The zero-order valence-corrected chi connectivity index (χ0v) is 23.7. The van der Waals surface area contributed by atoms with Gasteiger partial charge in [-0.3, -0.25) is 10.1 Å². The molecule has 0 saturated heterocycles. The number of amides is 1. The second kappa shape index (κ2) is 12.4. The van der Waals surface area contributed by atoms with E-state index in [1.807, 2.05) is 84.9 Å². The SMILES string of the molecule is COc1ccc(C(Nc2nc(NC(=O)C(C)C)nn3c(CC(O)CO)cnc23)(c2ccccc2)c2ccccc2)cc1. The molecular weight excluding hydrogens is 532 g/mol. The molecule has 5 rings (SSSR count). The lowest BCUT2D eigenvalue weighted by molar-refractivity contribution is -0.118. The van der Waals surface area contributed by atoms with Gasteiger partial charge in [-0.2, -0.15) is 4.98 Å². The van der Waals surface area contributed by atoms with E-state index in [2.05, 4.69) is 20.7 Å². The Labute approximate surface area is 244 Å². The van der Waals surface area contributed by atoms with Gasteiger partial charge >= 0.3 is 0 Å². The first kappa shape index (κ1) is 28.7. The molecule has 3 aromatic carbocycles. The topological polar surface area (TPSA) is 134 Å². The predicted octanol–water partition coefficient (Wildman–Crippen LogP) is 4.03. The summed E-state index contributed by atoms with van der Waals surface area (Å²) in [5, 5.41) is 30.7. The monoisotopic (exact) mass is 566 g/mol. The number of aromatic nitrogens is 4. The number of rotatable bonds is 11. The van der Waals surface area contributed by atoms with E-state index >= 15 is 0 Å². The molecule has 0 aliphatic heterocycles. The second-order valence-corrected chi connectivity index (χ2v) is 10.3. The van der Waals surface area contributed by atoms with Crippen molar-refractivity contribution in [3.63, 3.8) is 0 Å². The predicted molar refractivity (Wildman–Crippen MR) is 160 cm³/mol. The fourth-order valence-electron chi connectivity index (χ4n) is 4.87. The number of nitrogens with zero attached hydrogens (tertiary/aromatic N) is 4. The highest BCUT2D eigenvalue weighted by Gasteiger charge is 2.38. The van der Waals surface area contributed by atoms with E-state index in [1.54, 1.807) is 31.7 Å². The van der Waals surface area contributed by atoms with Crippen molar-refractivity contribution in [3.05, 3.63) is 114 Å². The van der Waals surface area contributed by atoms with Crippen LogP contribution in [0.5, 0.6) is 5.75 Å². The molecule has 4 N–H and O–H groups in total. The van der Waals surface area contributed by atoms with Crippen LogP contribution in [-0.4, -0.2) is 55.5 Å². The average molecular weight is 567 g/mol. The zero-order valence-electron chi connectivity index (χ0n) is 23.7. The van der Waals surface area contributed by atoms with E-state index in [0.717, 1.165) is 22.4 Å². The minimum absolute atomic E-state index is 0.0752. The van der Waals surface area contributed by atoms with Crippen LogP contribution in [0.1, 0.15) is 36.2 Å². The summed E-state index contributed by atoms with van der Waals surface area (Å²) < 4.78 is 6.99. The summed E-state index contributed by atoms with van der Waals surface area (Å²) >= 11 is 0. The van der Waals surface area contributed by atoms with Crippen molar-refractivity contribution in [2.24, 2.45) is 5.92 Å². The molecule has 5 aromatic rings. The van der Waals surface area contributed by atoms with Crippen LogP contribution in [0.3, 0.4) is 0 Å². The van der Waals surface area contributed by atoms with Gasteiger partial charge in [0.25, 0.3) is 0 Å². The standard InChI is InChI=1S/C32H34N6O4/c1-21(2)30(41)35-31-34-28(29-33-19-25(38(29)37-31)18-26(40)20-39)36-32(22-10-6-4-7-11-22,23-12-8-5-9-13-23)24-14-16-27(42-3)17-15-24/h4-17,19,21,26,39-40H,18,20H2,1-3H3,(H2,34,35,36,37,41). The summed E-state index contributed by atoms with van der Waals surface area (Å²) in [7, 11) is 1.63. The Bertz CT molecular complexity index is 1600. The molecule has 1 unspecified atom stereocenters. The van der Waals surface area contributed by atoms with Crippen LogP contribution in [0.2, 0.25) is 0 Å². The van der Waals surface area contributed by atoms with Gasteiger partial charge in [0.05, 0.1) is 31.7 Å². The van der Waals surface area contributed by atoms with Gasteiger partial charge in [0, 0.05) is 12.3 Å². The number of hydrogen-bond acceptors (Lipinski definition) is 8. The van der Waals surface area contributed by atoms with E-state index in [0.29, 0.717) is 17.2 Å². The third kappa shape index (κ3) is 5.67. The number of methoxy groups -OCH3 is 1. The number of hydrogen-bond donors (Lipinski definition) is 4. The number of carbonyl (C=O) groups excluding carboxylic acids is 1. The average Bonchev–Trinajstić information content (AvgIpc) is 3.43. The number of nitrogens with one attached hydrogen (secondary N) is 2. The quantitative estimate of drug-likeness (QED) is 0.176. The van der Waals surface area contributed by atoms with Crippen molar-refractivity contribution in [2.75, 3.05) is 24.4 Å². The Hall–Kier alpha value is -4.80. The maximum absolute atomic E-state index is 12.7. The highest BCUT2D eigenvalue weighted by molar-refractivity contribution is 5.90. The summed E-state index contributed by atoms with van der Waals surface area (Å²) in [5.41, 5.74) is 2.77. The number of aliphatic hydroxyl groups excluding tert-OH is 2. The van der Waals surface area contributed by atoms with Crippen molar-refractivity contribution in [1.82, 2.24) is 19.6 Å². The number of imidazole rings is 1. The Morgan fingerprint density at radius 1 is 0.952 bits per heavy atom. The van der Waals surface area contributed by atoms with Crippen LogP contribution in [0.15, 0.2) is 91.1 Å². The van der Waals surface area contributed by atoms with Gasteiger partial charge in [-0.25, -0.2) is 9.50 Å². The Morgan fingerprint density at radius 3 is 2.10 bits per heavy atom. The molecule has 0 radical (unpaired) electrons. The minimum atomic E-state index is -1.00. The van der Waals surface area contributed by atoms with Gasteiger partial charge in [0.15, 0.2) is 11.5 Å². The first-order valence-corrected chi connectivity index (χ1v) is 13.7. The van der Waals surface area contributed by atoms with Crippen molar-refractivity contribution >= 4 is 23.3 Å². The maximum atomic E-state index is 12.7. The molecule has 0 saturated carbocycles. The molecule has 0 bridgehead atoms. The van der Waals surface area contributed by atoms with Gasteiger partial charge < -0.3 is 20.3 Å². The smallest absolute Gasteiger partial charge is 0.249 e. The third-order valence-electron chi connectivity index (χ3n) is 7.09. The summed E-state index contributed by atoms with van der Waals surface area (Å²) in [6.45, 7) is 3.16. The summed E-state index contributed by atoms with van der Waals surface area (Å²) in [6, 6.07) is 27.8. The first-order chi connectivity index (χ1) is 20.3. The van der Waals surface area contributed by atoms with Gasteiger partial charge in [-0.15, -0.1) is 5.10 Å². The Balaban J connectivity index is 1.77. The van der Waals surface area contributed by atoms with E-state index in [4.69, 9.17) is 9.72 Å². The van der Waals surface area contributed by atoms with Gasteiger partial charge in [-0.05, 0) is 28.8 Å².